The summed E-state index contributed by atoms with van der Waals surface area (Å²) in [6, 6.07) is 14.0. The van der Waals surface area contributed by atoms with Gasteiger partial charge in [0.2, 0.25) is 0 Å². The third-order valence-corrected chi connectivity index (χ3v) is 4.28. The first-order valence-electron chi connectivity index (χ1n) is 9.01. The molecular weight excluding hydrogens is 612 g/mol. The molecule has 166 valence electrons. The molecule has 0 aliphatic heterocycles. The van der Waals surface area contributed by atoms with Crippen LogP contribution < -0.4 is 0 Å². The maximum atomic E-state index is 13.9. The predicted octanol–water partition coefficient (Wildman–Crippen LogP) is 4.40. The molecule has 0 aliphatic rings. The topological polar surface area (TPSA) is 56.5 Å². The third kappa shape index (κ3) is 5.42. The Bertz CT molecular complexity index is 1230. The summed E-state index contributed by atoms with van der Waals surface area (Å²) in [5, 5.41) is 3.46. The molecule has 11 heteroatoms. The van der Waals surface area contributed by atoms with Crippen molar-refractivity contribution in [2.45, 2.75) is 19.0 Å². The molecule has 0 unspecified atom stereocenters. The molecule has 32 heavy (non-hydrogen) atoms. The van der Waals surface area contributed by atoms with Crippen molar-refractivity contribution in [1.82, 2.24) is 24.7 Å². The molecule has 0 aromatic carbocycles. The summed E-state index contributed by atoms with van der Waals surface area (Å²) in [6.07, 6.45) is -1.31. The van der Waals surface area contributed by atoms with Gasteiger partial charge in [0, 0.05) is 11.4 Å². The minimum Gasteiger partial charge on any atom is -0.343 e. The van der Waals surface area contributed by atoms with Gasteiger partial charge in [-0.25, -0.2) is 8.78 Å². The Morgan fingerprint density at radius 2 is 1.56 bits per heavy atom. The zero-order valence-electron chi connectivity index (χ0n) is 16.0. The molecule has 0 aliphatic carbocycles. The Morgan fingerprint density at radius 3 is 2.22 bits per heavy atom. The Labute approximate surface area is 193 Å². The van der Waals surface area contributed by atoms with Crippen molar-refractivity contribution >= 4 is 0 Å². The first-order chi connectivity index (χ1) is 14.8. The van der Waals surface area contributed by atoms with E-state index in [-0.39, 0.29) is 38.1 Å². The minimum atomic E-state index is -4.56. The summed E-state index contributed by atoms with van der Waals surface area (Å²) in [5.41, 5.74) is 0.378. The largest absolute Gasteiger partial charge is 2.00 e. The minimum absolute atomic E-state index is 0. The number of alkyl halides is 3. The zero-order chi connectivity index (χ0) is 22.0. The Hall–Kier alpha value is -3.00. The molecule has 4 aromatic rings. The second kappa shape index (κ2) is 9.65. The van der Waals surface area contributed by atoms with E-state index in [0.717, 1.165) is 16.8 Å². The first kappa shape index (κ1) is 23.7. The van der Waals surface area contributed by atoms with Crippen LogP contribution in [-0.2, 0) is 40.1 Å². The molecule has 5 nitrogen and oxygen atoms in total. The van der Waals surface area contributed by atoms with Crippen LogP contribution in [0.25, 0.3) is 17.1 Å². The fourth-order valence-electron chi connectivity index (χ4n) is 2.83. The molecule has 0 radical (unpaired) electrons. The SMILES string of the molecule is Fc1c[c-]c(-c2cccc(CCc3cccc(-n4[c-]cc(C(F)(F)F)n4)n3)n2)c(F)n1.[Pt+2]. The van der Waals surface area contributed by atoms with Crippen molar-refractivity contribution in [2.75, 3.05) is 0 Å². The summed E-state index contributed by atoms with van der Waals surface area (Å²) in [7, 11) is 0. The van der Waals surface area contributed by atoms with E-state index >= 15 is 0 Å². The molecular formula is C21H12F5N5Pt. The number of aromatic nitrogens is 5. The average Bonchev–Trinajstić information content (AvgIpc) is 3.24. The van der Waals surface area contributed by atoms with Crippen molar-refractivity contribution in [3.05, 3.63) is 89.8 Å². The molecule has 4 aromatic heterocycles. The maximum absolute atomic E-state index is 13.9. The van der Waals surface area contributed by atoms with Gasteiger partial charge in [-0.3, -0.25) is 15.1 Å². The van der Waals surface area contributed by atoms with E-state index in [1.807, 2.05) is 0 Å². The van der Waals surface area contributed by atoms with Crippen LogP contribution in [0.1, 0.15) is 17.1 Å². The van der Waals surface area contributed by atoms with Gasteiger partial charge in [-0.2, -0.15) is 13.2 Å². The molecule has 4 rings (SSSR count). The van der Waals surface area contributed by atoms with Crippen LogP contribution in [-0.4, -0.2) is 24.7 Å². The van der Waals surface area contributed by atoms with Gasteiger partial charge >= 0.3 is 27.2 Å². The number of halogens is 5. The second-order valence-corrected chi connectivity index (χ2v) is 6.46. The van der Waals surface area contributed by atoms with Crippen LogP contribution in [0.2, 0.25) is 0 Å². The van der Waals surface area contributed by atoms with Crippen LogP contribution >= 0.6 is 0 Å². The molecule has 0 atom stereocenters. The van der Waals surface area contributed by atoms with Gasteiger partial charge in [0.1, 0.15) is 11.9 Å². The summed E-state index contributed by atoms with van der Waals surface area (Å²) in [4.78, 5) is 11.8. The number of aryl methyl sites for hydroxylation is 2. The van der Waals surface area contributed by atoms with Crippen LogP contribution in [0.5, 0.6) is 0 Å². The van der Waals surface area contributed by atoms with Crippen LogP contribution in [0.15, 0.2) is 48.5 Å². The number of nitrogens with zero attached hydrogens (tertiary/aromatic N) is 5. The maximum Gasteiger partial charge on any atom is 2.00 e. The average molecular weight is 624 g/mol. The standard InChI is InChI=1S/C21H12F5N5.Pt/c22-18-10-9-15(20(23)29-18)16-5-1-3-13(27-16)7-8-14-4-2-6-19(28-14)31-12-11-17(30-31)21(24,25)26;/h1-6,10-11H,7-8H2;/q-2;+2. The Kier molecular flexibility index (Phi) is 7.13. The molecule has 0 spiro atoms. The molecule has 0 saturated heterocycles. The van der Waals surface area contributed by atoms with E-state index < -0.39 is 23.8 Å². The number of hydrogen-bond donors (Lipinski definition) is 0. The number of rotatable bonds is 5. The fraction of sp³-hybridized carbons (Fsp3) is 0.143. The van der Waals surface area contributed by atoms with Gasteiger partial charge in [0.05, 0.1) is 11.5 Å². The quantitative estimate of drug-likeness (QED) is 0.188. The Balaban J connectivity index is 0.00000289. The van der Waals surface area contributed by atoms with Gasteiger partial charge < -0.3 is 9.67 Å². The van der Waals surface area contributed by atoms with E-state index in [4.69, 9.17) is 0 Å². The van der Waals surface area contributed by atoms with Gasteiger partial charge in [-0.05, 0) is 30.7 Å². The summed E-state index contributed by atoms with van der Waals surface area (Å²) >= 11 is 0. The second-order valence-electron chi connectivity index (χ2n) is 6.46. The van der Waals surface area contributed by atoms with Crippen molar-refractivity contribution in [3.63, 3.8) is 0 Å². The summed E-state index contributed by atoms with van der Waals surface area (Å²) in [6.45, 7) is 0. The third-order valence-electron chi connectivity index (χ3n) is 4.28. The fourth-order valence-corrected chi connectivity index (χ4v) is 2.83. The summed E-state index contributed by atoms with van der Waals surface area (Å²) in [5.74, 6) is -1.78. The smallest absolute Gasteiger partial charge is 0.343 e. The van der Waals surface area contributed by atoms with E-state index in [2.05, 4.69) is 32.3 Å². The van der Waals surface area contributed by atoms with Gasteiger partial charge in [-0.15, -0.1) is 12.1 Å². The molecule has 4 heterocycles. The van der Waals surface area contributed by atoms with Crippen LogP contribution in [0.3, 0.4) is 0 Å². The van der Waals surface area contributed by atoms with Gasteiger partial charge in [-0.1, -0.05) is 42.1 Å². The van der Waals surface area contributed by atoms with Crippen molar-refractivity contribution < 1.29 is 43.0 Å². The number of pyridine rings is 3. The van der Waals surface area contributed by atoms with E-state index in [9.17, 15) is 22.0 Å². The number of hydrogen-bond acceptors (Lipinski definition) is 4. The molecule has 0 fully saturated rings. The van der Waals surface area contributed by atoms with E-state index in [1.165, 1.54) is 6.07 Å². The zero-order valence-corrected chi connectivity index (χ0v) is 18.2. The van der Waals surface area contributed by atoms with Crippen molar-refractivity contribution in [2.24, 2.45) is 0 Å². The van der Waals surface area contributed by atoms with Crippen LogP contribution in [0, 0.1) is 24.2 Å². The van der Waals surface area contributed by atoms with Gasteiger partial charge in [0.25, 0.3) is 0 Å². The first-order valence-corrected chi connectivity index (χ1v) is 9.01. The van der Waals surface area contributed by atoms with Crippen molar-refractivity contribution in [3.8, 4) is 17.1 Å². The van der Waals surface area contributed by atoms with Gasteiger partial charge in [0.15, 0.2) is 0 Å². The molecule has 0 saturated carbocycles. The molecule has 0 bridgehead atoms. The van der Waals surface area contributed by atoms with Crippen LogP contribution in [0.4, 0.5) is 22.0 Å². The Morgan fingerprint density at radius 1 is 0.875 bits per heavy atom. The monoisotopic (exact) mass is 624 g/mol. The predicted molar refractivity (Wildman–Crippen MR) is 98.8 cm³/mol. The summed E-state index contributed by atoms with van der Waals surface area (Å²) < 4.78 is 66.0. The van der Waals surface area contributed by atoms with Crippen molar-refractivity contribution in [1.29, 1.82) is 0 Å². The van der Waals surface area contributed by atoms with E-state index in [1.54, 1.807) is 30.3 Å². The normalized spacial score (nSPS) is 11.3. The molecule has 0 N–H and O–H groups in total. The van der Waals surface area contributed by atoms with E-state index in [0.29, 0.717) is 24.2 Å². The molecule has 0 amide bonds.